The first kappa shape index (κ1) is 20.5. The SMILES string of the molecule is CC1[C@H]([C@@H](C)C=O)O[Si](C(C)(C)C)(C(C)(C)C)O[C@@H]1[C@@H](C)C=O. The van der Waals surface area contributed by atoms with E-state index in [0.717, 1.165) is 12.6 Å². The maximum atomic E-state index is 11.4. The van der Waals surface area contributed by atoms with Crippen molar-refractivity contribution >= 4 is 21.1 Å². The van der Waals surface area contributed by atoms with Crippen LogP contribution in [0.5, 0.6) is 0 Å². The van der Waals surface area contributed by atoms with E-state index in [4.69, 9.17) is 8.85 Å². The zero-order valence-electron chi connectivity index (χ0n) is 16.2. The first-order chi connectivity index (χ1) is 10.3. The molecule has 1 aliphatic heterocycles. The quantitative estimate of drug-likeness (QED) is 0.570. The van der Waals surface area contributed by atoms with Crippen LogP contribution in [-0.2, 0) is 18.4 Å². The Morgan fingerprint density at radius 3 is 1.35 bits per heavy atom. The lowest BCUT2D eigenvalue weighted by Crippen LogP contribution is -2.67. The van der Waals surface area contributed by atoms with E-state index in [0.29, 0.717) is 0 Å². The number of hydrogen-bond acceptors (Lipinski definition) is 4. The lowest BCUT2D eigenvalue weighted by Gasteiger charge is -2.58. The summed E-state index contributed by atoms with van der Waals surface area (Å²) in [6.07, 6.45) is 1.50. The topological polar surface area (TPSA) is 52.6 Å². The molecule has 1 heterocycles. The Morgan fingerprint density at radius 2 is 1.13 bits per heavy atom. The van der Waals surface area contributed by atoms with E-state index in [-0.39, 0.29) is 40.0 Å². The second kappa shape index (κ2) is 6.77. The smallest absolute Gasteiger partial charge is 0.349 e. The molecule has 0 spiro atoms. The van der Waals surface area contributed by atoms with Crippen LogP contribution >= 0.6 is 0 Å². The van der Waals surface area contributed by atoms with Gasteiger partial charge in [0, 0.05) is 27.8 Å². The highest BCUT2D eigenvalue weighted by molar-refractivity contribution is 6.73. The van der Waals surface area contributed by atoms with Gasteiger partial charge >= 0.3 is 8.56 Å². The lowest BCUT2D eigenvalue weighted by molar-refractivity contribution is -0.131. The van der Waals surface area contributed by atoms with Crippen LogP contribution in [0.15, 0.2) is 0 Å². The summed E-state index contributed by atoms with van der Waals surface area (Å²) >= 11 is 0. The van der Waals surface area contributed by atoms with Crippen molar-refractivity contribution in [3.63, 3.8) is 0 Å². The van der Waals surface area contributed by atoms with Crippen LogP contribution in [0.25, 0.3) is 0 Å². The summed E-state index contributed by atoms with van der Waals surface area (Å²) in [7, 11) is -2.73. The fraction of sp³-hybridized carbons (Fsp3) is 0.889. The summed E-state index contributed by atoms with van der Waals surface area (Å²) < 4.78 is 13.3. The third-order valence-electron chi connectivity index (χ3n) is 5.08. The van der Waals surface area contributed by atoms with Gasteiger partial charge in [-0.25, -0.2) is 0 Å². The van der Waals surface area contributed by atoms with Crippen molar-refractivity contribution in [1.29, 1.82) is 0 Å². The van der Waals surface area contributed by atoms with E-state index in [2.05, 4.69) is 41.5 Å². The Bertz CT molecular complexity index is 395. The van der Waals surface area contributed by atoms with Gasteiger partial charge in [0.1, 0.15) is 12.6 Å². The molecule has 1 unspecified atom stereocenters. The van der Waals surface area contributed by atoms with Crippen LogP contribution in [0.2, 0.25) is 10.1 Å². The third-order valence-corrected chi connectivity index (χ3v) is 10.2. The van der Waals surface area contributed by atoms with E-state index in [1.165, 1.54) is 0 Å². The Labute approximate surface area is 142 Å². The number of aldehydes is 2. The van der Waals surface area contributed by atoms with Gasteiger partial charge < -0.3 is 18.4 Å². The van der Waals surface area contributed by atoms with Gasteiger partial charge in [-0.1, -0.05) is 62.3 Å². The molecule has 134 valence electrons. The molecular weight excluding hydrogens is 308 g/mol. The molecule has 1 saturated heterocycles. The normalized spacial score (nSPS) is 31.3. The van der Waals surface area contributed by atoms with Crippen LogP contribution in [0.4, 0.5) is 0 Å². The minimum Gasteiger partial charge on any atom is -0.389 e. The Morgan fingerprint density at radius 1 is 0.826 bits per heavy atom. The molecule has 0 N–H and O–H groups in total. The largest absolute Gasteiger partial charge is 0.389 e. The van der Waals surface area contributed by atoms with Gasteiger partial charge in [-0.3, -0.25) is 0 Å². The number of rotatable bonds is 4. The molecule has 0 amide bonds. The molecule has 5 heteroatoms. The van der Waals surface area contributed by atoms with Gasteiger partial charge in [-0.2, -0.15) is 0 Å². The fourth-order valence-corrected chi connectivity index (χ4v) is 9.32. The molecule has 0 saturated carbocycles. The van der Waals surface area contributed by atoms with Crippen molar-refractivity contribution in [2.75, 3.05) is 0 Å². The highest BCUT2D eigenvalue weighted by Crippen LogP contribution is 2.56. The van der Waals surface area contributed by atoms with E-state index in [9.17, 15) is 9.59 Å². The average molecular weight is 343 g/mol. The summed E-state index contributed by atoms with van der Waals surface area (Å²) in [4.78, 5) is 22.9. The molecular formula is C18H34O4Si. The highest BCUT2D eigenvalue weighted by Gasteiger charge is 2.64. The molecule has 0 radical (unpaired) electrons. The monoisotopic (exact) mass is 342 g/mol. The molecule has 4 nitrogen and oxygen atoms in total. The molecule has 0 bridgehead atoms. The predicted molar refractivity (Wildman–Crippen MR) is 94.6 cm³/mol. The Kier molecular flexibility index (Phi) is 6.04. The first-order valence-electron chi connectivity index (χ1n) is 8.58. The molecule has 0 aromatic rings. The van der Waals surface area contributed by atoms with Crippen LogP contribution in [0.1, 0.15) is 62.3 Å². The third kappa shape index (κ3) is 3.61. The number of hydrogen-bond donors (Lipinski definition) is 0. The van der Waals surface area contributed by atoms with Crippen molar-refractivity contribution in [1.82, 2.24) is 0 Å². The zero-order valence-corrected chi connectivity index (χ0v) is 17.2. The summed E-state index contributed by atoms with van der Waals surface area (Å²) in [5.74, 6) is -0.431. The standard InChI is InChI=1S/C18H34O4Si/c1-12(10-19)15-14(3)16(13(2)11-20)22-23(21-15,17(4,5)6)18(7,8)9/h10-16H,1-9H3/t12-,13-,14?,15-,16+/m0/s1. The molecule has 0 aromatic heterocycles. The van der Waals surface area contributed by atoms with Crippen molar-refractivity contribution < 1.29 is 18.4 Å². The molecule has 0 aromatic carbocycles. The van der Waals surface area contributed by atoms with E-state index in [1.54, 1.807) is 0 Å². The Hall–Kier alpha value is -0.523. The Balaban J connectivity index is 3.47. The van der Waals surface area contributed by atoms with Gasteiger partial charge in [0.2, 0.25) is 0 Å². The van der Waals surface area contributed by atoms with E-state index < -0.39 is 8.56 Å². The minimum atomic E-state index is -2.73. The van der Waals surface area contributed by atoms with Crippen molar-refractivity contribution in [3.8, 4) is 0 Å². The summed E-state index contributed by atoms with van der Waals surface area (Å²) in [5, 5.41) is -0.347. The number of carbonyl (C=O) groups excluding carboxylic acids is 2. The predicted octanol–water partition coefficient (Wildman–Crippen LogP) is 4.12. The van der Waals surface area contributed by atoms with Crippen molar-refractivity contribution in [2.45, 2.75) is 84.6 Å². The zero-order chi connectivity index (χ0) is 18.2. The maximum absolute atomic E-state index is 11.4. The molecule has 1 fully saturated rings. The molecule has 1 rings (SSSR count). The van der Waals surface area contributed by atoms with Gasteiger partial charge in [0.05, 0.1) is 12.2 Å². The fourth-order valence-electron chi connectivity index (χ4n) is 3.97. The minimum absolute atomic E-state index is 0.000671. The highest BCUT2D eigenvalue weighted by atomic mass is 28.4. The van der Waals surface area contributed by atoms with Crippen LogP contribution in [0, 0.1) is 17.8 Å². The van der Waals surface area contributed by atoms with Gasteiger partial charge in [-0.15, -0.1) is 0 Å². The van der Waals surface area contributed by atoms with Crippen LogP contribution < -0.4 is 0 Å². The van der Waals surface area contributed by atoms with Gasteiger partial charge in [-0.05, 0) is 0 Å². The van der Waals surface area contributed by atoms with Crippen LogP contribution in [-0.4, -0.2) is 33.3 Å². The molecule has 0 aliphatic carbocycles. The average Bonchev–Trinajstić information content (AvgIpc) is 2.43. The number of carbonyl (C=O) groups is 2. The second-order valence-corrected chi connectivity index (χ2v) is 13.8. The molecule has 23 heavy (non-hydrogen) atoms. The van der Waals surface area contributed by atoms with Crippen LogP contribution in [0.3, 0.4) is 0 Å². The molecule has 1 aliphatic rings. The summed E-state index contributed by atoms with van der Waals surface area (Å²) in [6, 6.07) is 0. The maximum Gasteiger partial charge on any atom is 0.349 e. The first-order valence-corrected chi connectivity index (χ1v) is 10.4. The lowest BCUT2D eigenvalue weighted by atomic mass is 9.85. The van der Waals surface area contributed by atoms with Crippen molar-refractivity contribution in [2.24, 2.45) is 17.8 Å². The molecule has 5 atom stereocenters. The van der Waals surface area contributed by atoms with Gasteiger partial charge in [0.15, 0.2) is 0 Å². The second-order valence-electron chi connectivity index (χ2n) is 9.13. The van der Waals surface area contributed by atoms with Gasteiger partial charge in [0.25, 0.3) is 0 Å². The van der Waals surface area contributed by atoms with E-state index >= 15 is 0 Å². The summed E-state index contributed by atoms with van der Waals surface area (Å²) in [5.41, 5.74) is 0. The van der Waals surface area contributed by atoms with Crippen molar-refractivity contribution in [3.05, 3.63) is 0 Å². The van der Waals surface area contributed by atoms with E-state index in [1.807, 2.05) is 20.8 Å². The summed E-state index contributed by atoms with van der Waals surface area (Å²) in [6.45, 7) is 18.7.